The molecule has 0 fully saturated rings. The predicted molar refractivity (Wildman–Crippen MR) is 148 cm³/mol. The number of aromatic nitrogens is 2. The summed E-state index contributed by atoms with van der Waals surface area (Å²) in [6.07, 6.45) is 0. The fraction of sp³-hybridized carbons (Fsp3) is 0.414. The highest BCUT2D eigenvalue weighted by atomic mass is 32.2. The average molecular weight is 541 g/mol. The molecule has 2 aromatic carbocycles. The van der Waals surface area contributed by atoms with Gasteiger partial charge in [-0.3, -0.25) is 14.5 Å². The monoisotopic (exact) mass is 540 g/mol. The molecule has 1 aliphatic rings. The van der Waals surface area contributed by atoms with Gasteiger partial charge in [-0.15, -0.1) is 11.8 Å². The first kappa shape index (κ1) is 27.8. The van der Waals surface area contributed by atoms with E-state index in [0.29, 0.717) is 29.3 Å². The minimum Gasteiger partial charge on any atom is -0.354 e. The quantitative estimate of drug-likeness (QED) is 0.436. The number of fused-ring (bicyclic) bond motifs is 1. The Hall–Kier alpha value is -3.20. The normalized spacial score (nSPS) is 16.0. The van der Waals surface area contributed by atoms with Crippen molar-refractivity contribution in [2.75, 3.05) is 23.7 Å². The highest BCUT2D eigenvalue weighted by molar-refractivity contribution is 8.00. The number of thioether (sulfide) groups is 1. The lowest BCUT2D eigenvalue weighted by Gasteiger charge is -2.25. The van der Waals surface area contributed by atoms with Crippen molar-refractivity contribution in [3.05, 3.63) is 76.5 Å². The van der Waals surface area contributed by atoms with Gasteiger partial charge in [0.15, 0.2) is 0 Å². The number of rotatable bonds is 6. The molecule has 1 N–H and O–H groups in total. The maximum absolute atomic E-state index is 15.2. The van der Waals surface area contributed by atoms with Crippen LogP contribution in [0.2, 0.25) is 0 Å². The summed E-state index contributed by atoms with van der Waals surface area (Å²) in [6, 6.07) is 11.2. The Morgan fingerprint density at radius 2 is 1.84 bits per heavy atom. The van der Waals surface area contributed by atoms with Crippen LogP contribution in [-0.4, -0.2) is 40.4 Å². The Labute approximate surface area is 226 Å². The minimum atomic E-state index is -0.688. The van der Waals surface area contributed by atoms with E-state index in [4.69, 9.17) is 5.10 Å². The molecule has 3 aromatic rings. The molecule has 38 heavy (non-hydrogen) atoms. The van der Waals surface area contributed by atoms with Gasteiger partial charge in [0.05, 0.1) is 22.4 Å². The molecular formula is C29H34F2N4O2S. The zero-order valence-corrected chi connectivity index (χ0v) is 23.5. The van der Waals surface area contributed by atoms with Crippen molar-refractivity contribution in [1.29, 1.82) is 0 Å². The number of aryl methyl sites for hydroxylation is 1. The first-order chi connectivity index (χ1) is 17.9. The van der Waals surface area contributed by atoms with Gasteiger partial charge in [-0.1, -0.05) is 58.4 Å². The van der Waals surface area contributed by atoms with Crippen LogP contribution in [0, 0.1) is 24.5 Å². The van der Waals surface area contributed by atoms with Crippen LogP contribution in [0.25, 0.3) is 5.69 Å². The average Bonchev–Trinajstić information content (AvgIpc) is 3.17. The molecule has 1 aliphatic heterocycles. The maximum atomic E-state index is 15.2. The number of benzene rings is 2. The van der Waals surface area contributed by atoms with Crippen molar-refractivity contribution in [2.45, 2.75) is 52.2 Å². The molecule has 4 rings (SSSR count). The van der Waals surface area contributed by atoms with E-state index in [9.17, 15) is 14.0 Å². The molecule has 1 atom stereocenters. The van der Waals surface area contributed by atoms with Crippen molar-refractivity contribution in [3.8, 4) is 5.69 Å². The SMILES string of the molecule is Cc1ccc(-n2nc(C(C)(C)C)c3c2N(CC(=O)NCC(C)C)C(=O)CSC3c2ccc(F)cc2F)cc1. The second-order valence-corrected chi connectivity index (χ2v) is 12.2. The van der Waals surface area contributed by atoms with Gasteiger partial charge in [0.2, 0.25) is 11.8 Å². The van der Waals surface area contributed by atoms with E-state index < -0.39 is 22.3 Å². The van der Waals surface area contributed by atoms with Crippen molar-refractivity contribution >= 4 is 29.4 Å². The van der Waals surface area contributed by atoms with E-state index in [2.05, 4.69) is 5.32 Å². The second-order valence-electron chi connectivity index (χ2n) is 11.1. The molecule has 0 bridgehead atoms. The van der Waals surface area contributed by atoms with Crippen LogP contribution in [0.5, 0.6) is 0 Å². The molecule has 0 radical (unpaired) electrons. The molecule has 9 heteroatoms. The van der Waals surface area contributed by atoms with Gasteiger partial charge in [-0.2, -0.15) is 5.10 Å². The largest absolute Gasteiger partial charge is 0.354 e. The lowest BCUT2D eigenvalue weighted by Crippen LogP contribution is -2.43. The molecular weight excluding hydrogens is 506 g/mol. The molecule has 0 aliphatic carbocycles. The summed E-state index contributed by atoms with van der Waals surface area (Å²) >= 11 is 1.26. The first-order valence-electron chi connectivity index (χ1n) is 12.7. The summed E-state index contributed by atoms with van der Waals surface area (Å²) in [5.41, 5.74) is 2.89. The summed E-state index contributed by atoms with van der Waals surface area (Å²) in [5, 5.41) is 7.23. The van der Waals surface area contributed by atoms with E-state index >= 15 is 4.39 Å². The van der Waals surface area contributed by atoms with Crippen molar-refractivity contribution in [2.24, 2.45) is 5.92 Å². The number of nitrogens with one attached hydrogen (secondary N) is 1. The molecule has 202 valence electrons. The Morgan fingerprint density at radius 1 is 1.16 bits per heavy atom. The molecule has 0 saturated carbocycles. The summed E-state index contributed by atoms with van der Waals surface area (Å²) < 4.78 is 30.7. The van der Waals surface area contributed by atoms with Crippen LogP contribution < -0.4 is 10.2 Å². The zero-order chi connectivity index (χ0) is 27.8. The second kappa shape index (κ2) is 10.9. The summed E-state index contributed by atoms with van der Waals surface area (Å²) in [5.74, 6) is -1.23. The van der Waals surface area contributed by atoms with Crippen molar-refractivity contribution < 1.29 is 18.4 Å². The maximum Gasteiger partial charge on any atom is 0.240 e. The Morgan fingerprint density at radius 3 is 2.45 bits per heavy atom. The summed E-state index contributed by atoms with van der Waals surface area (Å²) in [7, 11) is 0. The lowest BCUT2D eigenvalue weighted by atomic mass is 9.87. The lowest BCUT2D eigenvalue weighted by molar-refractivity contribution is -0.123. The third kappa shape index (κ3) is 5.77. The van der Waals surface area contributed by atoms with Gasteiger partial charge in [0, 0.05) is 29.2 Å². The zero-order valence-electron chi connectivity index (χ0n) is 22.6. The van der Waals surface area contributed by atoms with Crippen molar-refractivity contribution in [1.82, 2.24) is 15.1 Å². The Balaban J connectivity index is 1.98. The van der Waals surface area contributed by atoms with Gasteiger partial charge < -0.3 is 5.32 Å². The highest BCUT2D eigenvalue weighted by Crippen LogP contribution is 2.49. The predicted octanol–water partition coefficient (Wildman–Crippen LogP) is 5.70. The molecule has 1 unspecified atom stereocenters. The van der Waals surface area contributed by atoms with Gasteiger partial charge in [0.25, 0.3) is 0 Å². The number of anilines is 1. The first-order valence-corrected chi connectivity index (χ1v) is 13.8. The van der Waals surface area contributed by atoms with Crippen LogP contribution >= 0.6 is 11.8 Å². The van der Waals surface area contributed by atoms with Gasteiger partial charge in [0.1, 0.15) is 24.0 Å². The third-order valence-electron chi connectivity index (χ3n) is 6.33. The topological polar surface area (TPSA) is 67.2 Å². The van der Waals surface area contributed by atoms with E-state index in [1.54, 1.807) is 4.68 Å². The van der Waals surface area contributed by atoms with E-state index in [-0.39, 0.29) is 35.6 Å². The van der Waals surface area contributed by atoms with Crippen LogP contribution in [0.4, 0.5) is 14.6 Å². The summed E-state index contributed by atoms with van der Waals surface area (Å²) in [6.45, 7) is 12.3. The number of carbonyl (C=O) groups excluding carboxylic acids is 2. The molecule has 1 aromatic heterocycles. The Bertz CT molecular complexity index is 1350. The molecule has 2 heterocycles. The number of amides is 2. The number of hydrogen-bond acceptors (Lipinski definition) is 4. The van der Waals surface area contributed by atoms with Crippen molar-refractivity contribution in [3.63, 3.8) is 0 Å². The Kier molecular flexibility index (Phi) is 7.97. The van der Waals surface area contributed by atoms with Crippen LogP contribution in [0.3, 0.4) is 0 Å². The van der Waals surface area contributed by atoms with Gasteiger partial charge in [-0.25, -0.2) is 13.5 Å². The van der Waals surface area contributed by atoms with E-state index in [1.807, 2.05) is 65.8 Å². The smallest absolute Gasteiger partial charge is 0.240 e. The number of nitrogens with zero attached hydrogens (tertiary/aromatic N) is 3. The third-order valence-corrected chi connectivity index (χ3v) is 7.57. The van der Waals surface area contributed by atoms with Gasteiger partial charge in [-0.05, 0) is 31.0 Å². The number of carbonyl (C=O) groups is 2. The van der Waals surface area contributed by atoms with E-state index in [1.165, 1.54) is 28.8 Å². The standard InChI is InChI=1S/C29H34F2N4O2S/c1-17(2)14-32-23(36)15-34-24(37)16-38-26(21-12-9-19(30)13-22(21)31)25-27(29(4,5)6)33-35(28(25)34)20-10-7-18(3)8-11-20/h7-13,17,26H,14-16H2,1-6H3,(H,32,36). The fourth-order valence-corrected chi connectivity index (χ4v) is 5.64. The van der Waals surface area contributed by atoms with E-state index in [0.717, 1.165) is 11.6 Å². The summed E-state index contributed by atoms with van der Waals surface area (Å²) in [4.78, 5) is 28.0. The number of halogens is 2. The fourth-order valence-electron chi connectivity index (χ4n) is 4.42. The minimum absolute atomic E-state index is 0.0190. The molecule has 0 saturated heterocycles. The van der Waals surface area contributed by atoms with Crippen LogP contribution in [-0.2, 0) is 15.0 Å². The number of hydrogen-bond donors (Lipinski definition) is 1. The molecule has 0 spiro atoms. The van der Waals surface area contributed by atoms with Gasteiger partial charge >= 0.3 is 0 Å². The van der Waals surface area contributed by atoms with Crippen LogP contribution in [0.15, 0.2) is 42.5 Å². The van der Waals surface area contributed by atoms with Crippen LogP contribution in [0.1, 0.15) is 62.3 Å². The molecule has 6 nitrogen and oxygen atoms in total. The molecule has 2 amide bonds. The highest BCUT2D eigenvalue weighted by Gasteiger charge is 2.40.